The lowest BCUT2D eigenvalue weighted by Crippen LogP contribution is -2.46. The highest BCUT2D eigenvalue weighted by Crippen LogP contribution is 2.16. The third kappa shape index (κ3) is 6.33. The van der Waals surface area contributed by atoms with Gasteiger partial charge in [0.2, 0.25) is 0 Å². The van der Waals surface area contributed by atoms with E-state index in [0.717, 1.165) is 75.6 Å². The van der Waals surface area contributed by atoms with Crippen molar-refractivity contribution in [3.63, 3.8) is 0 Å². The monoisotopic (exact) mass is 449 g/mol. The SMILES string of the molecule is CN=C(NCc1ccc(Cn2cnc3ccccc32)cc1)N1CCC(OCCCOC)CC1. The molecule has 2 heterocycles. The van der Waals surface area contributed by atoms with Crippen LogP contribution in [0.15, 0.2) is 59.9 Å². The van der Waals surface area contributed by atoms with Crippen LogP contribution in [-0.4, -0.2) is 67.0 Å². The molecule has 0 bridgehead atoms. The highest BCUT2D eigenvalue weighted by atomic mass is 16.5. The second kappa shape index (κ2) is 11.8. The third-order valence-corrected chi connectivity index (χ3v) is 6.15. The number of rotatable bonds is 9. The largest absolute Gasteiger partial charge is 0.385 e. The molecule has 0 amide bonds. The number of hydrogen-bond donors (Lipinski definition) is 1. The second-order valence-corrected chi connectivity index (χ2v) is 8.48. The number of aromatic nitrogens is 2. The maximum absolute atomic E-state index is 5.98. The molecule has 0 saturated carbocycles. The van der Waals surface area contributed by atoms with Crippen molar-refractivity contribution in [2.75, 3.05) is 40.5 Å². The highest BCUT2D eigenvalue weighted by molar-refractivity contribution is 5.80. The Bertz CT molecular complexity index is 1020. The van der Waals surface area contributed by atoms with Crippen LogP contribution in [-0.2, 0) is 22.6 Å². The summed E-state index contributed by atoms with van der Waals surface area (Å²) in [6.45, 7) is 5.04. The number of fused-ring (bicyclic) bond motifs is 1. The maximum atomic E-state index is 5.98. The van der Waals surface area contributed by atoms with E-state index < -0.39 is 0 Å². The van der Waals surface area contributed by atoms with Gasteiger partial charge >= 0.3 is 0 Å². The van der Waals surface area contributed by atoms with Gasteiger partial charge in [0.25, 0.3) is 0 Å². The number of aliphatic imine (C=N–C) groups is 1. The molecule has 0 unspecified atom stereocenters. The van der Waals surface area contributed by atoms with E-state index in [1.54, 1.807) is 7.11 Å². The quantitative estimate of drug-likeness (QED) is 0.307. The molecule has 1 fully saturated rings. The van der Waals surface area contributed by atoms with Crippen LogP contribution in [0.5, 0.6) is 0 Å². The van der Waals surface area contributed by atoms with Crippen molar-refractivity contribution in [1.29, 1.82) is 0 Å². The minimum absolute atomic E-state index is 0.344. The molecule has 4 rings (SSSR count). The Balaban J connectivity index is 1.24. The number of nitrogens with zero attached hydrogens (tertiary/aromatic N) is 4. The van der Waals surface area contributed by atoms with Crippen LogP contribution in [0.25, 0.3) is 11.0 Å². The fourth-order valence-electron chi connectivity index (χ4n) is 4.30. The topological polar surface area (TPSA) is 63.9 Å². The molecule has 0 spiro atoms. The van der Waals surface area contributed by atoms with Gasteiger partial charge < -0.3 is 24.3 Å². The van der Waals surface area contributed by atoms with E-state index in [2.05, 4.69) is 61.2 Å². The summed E-state index contributed by atoms with van der Waals surface area (Å²) in [6.07, 6.45) is 5.28. The standard InChI is InChI=1S/C26H35N5O2/c1-27-26(30-14-12-23(13-15-30)33-17-5-16-32-2)28-18-21-8-10-22(11-9-21)19-31-20-29-24-6-3-4-7-25(24)31/h3-4,6-11,20,23H,5,12-19H2,1-2H3,(H,27,28). The number of hydrogen-bond acceptors (Lipinski definition) is 4. The van der Waals surface area contributed by atoms with E-state index >= 15 is 0 Å². The Hall–Kier alpha value is -2.90. The van der Waals surface area contributed by atoms with Crippen LogP contribution in [0, 0.1) is 0 Å². The van der Waals surface area contributed by atoms with E-state index in [-0.39, 0.29) is 0 Å². The van der Waals surface area contributed by atoms with E-state index in [1.165, 1.54) is 11.1 Å². The molecule has 1 aromatic heterocycles. The van der Waals surface area contributed by atoms with Crippen molar-refractivity contribution in [3.05, 3.63) is 66.0 Å². The van der Waals surface area contributed by atoms with E-state index in [9.17, 15) is 0 Å². The number of imidazole rings is 1. The van der Waals surface area contributed by atoms with Gasteiger partial charge in [0, 0.05) is 53.6 Å². The summed E-state index contributed by atoms with van der Waals surface area (Å²) in [4.78, 5) is 11.3. The fraction of sp³-hybridized carbons (Fsp3) is 0.462. The third-order valence-electron chi connectivity index (χ3n) is 6.15. The Morgan fingerprint density at radius 2 is 1.82 bits per heavy atom. The van der Waals surface area contributed by atoms with Crippen LogP contribution in [0.3, 0.4) is 0 Å². The van der Waals surface area contributed by atoms with Gasteiger partial charge in [-0.2, -0.15) is 0 Å². The van der Waals surface area contributed by atoms with Crippen molar-refractivity contribution < 1.29 is 9.47 Å². The highest BCUT2D eigenvalue weighted by Gasteiger charge is 2.21. The predicted octanol–water partition coefficient (Wildman–Crippen LogP) is 3.68. The van der Waals surface area contributed by atoms with Crippen LogP contribution in [0.1, 0.15) is 30.4 Å². The molecule has 7 heteroatoms. The van der Waals surface area contributed by atoms with Gasteiger partial charge in [-0.3, -0.25) is 4.99 Å². The van der Waals surface area contributed by atoms with Gasteiger partial charge in [-0.25, -0.2) is 4.98 Å². The molecule has 0 atom stereocenters. The molecule has 0 aliphatic carbocycles. The number of ether oxygens (including phenoxy) is 2. The first kappa shape index (κ1) is 23.3. The fourth-order valence-corrected chi connectivity index (χ4v) is 4.30. The summed E-state index contributed by atoms with van der Waals surface area (Å²) in [5.41, 5.74) is 4.70. The molecule has 7 nitrogen and oxygen atoms in total. The van der Waals surface area contributed by atoms with Crippen molar-refractivity contribution in [3.8, 4) is 0 Å². The first-order chi connectivity index (χ1) is 16.3. The van der Waals surface area contributed by atoms with E-state index in [1.807, 2.05) is 25.5 Å². The number of para-hydroxylation sites is 2. The van der Waals surface area contributed by atoms with Gasteiger partial charge in [-0.1, -0.05) is 36.4 Å². The molecule has 1 saturated heterocycles. The average Bonchev–Trinajstić information content (AvgIpc) is 3.27. The van der Waals surface area contributed by atoms with Gasteiger partial charge in [0.05, 0.1) is 23.5 Å². The molecule has 33 heavy (non-hydrogen) atoms. The van der Waals surface area contributed by atoms with Crippen molar-refractivity contribution in [1.82, 2.24) is 19.8 Å². The van der Waals surface area contributed by atoms with Crippen LogP contribution >= 0.6 is 0 Å². The Morgan fingerprint density at radius 1 is 1.06 bits per heavy atom. The number of benzene rings is 2. The summed E-state index contributed by atoms with van der Waals surface area (Å²) in [5, 5.41) is 3.52. The Labute approximate surface area is 196 Å². The number of likely N-dealkylation sites (tertiary alicyclic amines) is 1. The summed E-state index contributed by atoms with van der Waals surface area (Å²) in [5.74, 6) is 0.960. The maximum Gasteiger partial charge on any atom is 0.193 e. The average molecular weight is 450 g/mol. The molecule has 3 aromatic rings. The van der Waals surface area contributed by atoms with E-state index in [4.69, 9.17) is 9.47 Å². The molecular weight excluding hydrogens is 414 g/mol. The molecule has 1 aliphatic heterocycles. The molecular formula is C26H35N5O2. The van der Waals surface area contributed by atoms with Crippen molar-refractivity contribution in [2.24, 2.45) is 4.99 Å². The summed E-state index contributed by atoms with van der Waals surface area (Å²) < 4.78 is 13.3. The summed E-state index contributed by atoms with van der Waals surface area (Å²) in [6, 6.07) is 17.0. The second-order valence-electron chi connectivity index (χ2n) is 8.48. The number of methoxy groups -OCH3 is 1. The van der Waals surface area contributed by atoms with Gasteiger partial charge in [-0.05, 0) is 42.5 Å². The molecule has 2 aromatic carbocycles. The number of nitrogens with one attached hydrogen (secondary N) is 1. The van der Waals surface area contributed by atoms with Crippen LogP contribution in [0.2, 0.25) is 0 Å². The Morgan fingerprint density at radius 3 is 2.58 bits per heavy atom. The lowest BCUT2D eigenvalue weighted by atomic mass is 10.1. The van der Waals surface area contributed by atoms with E-state index in [0.29, 0.717) is 6.10 Å². The van der Waals surface area contributed by atoms with Crippen LogP contribution in [0.4, 0.5) is 0 Å². The predicted molar refractivity (Wildman–Crippen MR) is 133 cm³/mol. The summed E-state index contributed by atoms with van der Waals surface area (Å²) >= 11 is 0. The van der Waals surface area contributed by atoms with Crippen molar-refractivity contribution >= 4 is 17.0 Å². The zero-order valence-electron chi connectivity index (χ0n) is 19.7. The molecule has 176 valence electrons. The van der Waals surface area contributed by atoms with Crippen LogP contribution < -0.4 is 5.32 Å². The minimum atomic E-state index is 0.344. The summed E-state index contributed by atoms with van der Waals surface area (Å²) in [7, 11) is 3.59. The lowest BCUT2D eigenvalue weighted by molar-refractivity contribution is 0.00989. The normalized spacial score (nSPS) is 15.3. The molecule has 0 radical (unpaired) electrons. The van der Waals surface area contributed by atoms with Gasteiger partial charge in [-0.15, -0.1) is 0 Å². The first-order valence-electron chi connectivity index (χ1n) is 11.8. The minimum Gasteiger partial charge on any atom is -0.385 e. The zero-order chi connectivity index (χ0) is 22.9. The number of guanidine groups is 1. The first-order valence-corrected chi connectivity index (χ1v) is 11.8. The number of piperidine rings is 1. The smallest absolute Gasteiger partial charge is 0.193 e. The Kier molecular flexibility index (Phi) is 8.33. The van der Waals surface area contributed by atoms with Crippen molar-refractivity contribution in [2.45, 2.75) is 38.5 Å². The van der Waals surface area contributed by atoms with Gasteiger partial charge in [0.1, 0.15) is 0 Å². The molecule has 1 aliphatic rings. The zero-order valence-corrected chi connectivity index (χ0v) is 19.7. The van der Waals surface area contributed by atoms with Gasteiger partial charge in [0.15, 0.2) is 5.96 Å². The molecule has 1 N–H and O–H groups in total. The lowest BCUT2D eigenvalue weighted by Gasteiger charge is -2.34.